The topological polar surface area (TPSA) is 52.3 Å². The van der Waals surface area contributed by atoms with Crippen molar-refractivity contribution < 1.29 is 27.2 Å². The van der Waals surface area contributed by atoms with Gasteiger partial charge in [0.25, 0.3) is 0 Å². The Morgan fingerprint density at radius 2 is 1.95 bits per heavy atom. The maximum Gasteiger partial charge on any atom is 0.416 e. The number of methoxy groups -OCH3 is 1. The molecule has 0 aliphatic carbocycles. The van der Waals surface area contributed by atoms with Crippen molar-refractivity contribution in [3.63, 3.8) is 0 Å². The molecule has 0 aliphatic heterocycles. The molecule has 0 saturated carbocycles. The second-order valence-electron chi connectivity index (χ2n) is 4.33. The molecule has 2 rings (SSSR count). The van der Waals surface area contributed by atoms with Crippen molar-refractivity contribution in [3.8, 4) is 11.3 Å². The number of hydrogen-bond acceptors (Lipinski definition) is 4. The van der Waals surface area contributed by atoms with Gasteiger partial charge < -0.3 is 9.26 Å². The van der Waals surface area contributed by atoms with Gasteiger partial charge in [0.05, 0.1) is 18.9 Å². The lowest BCUT2D eigenvalue weighted by Crippen LogP contribution is -2.04. The summed E-state index contributed by atoms with van der Waals surface area (Å²) in [6.45, 7) is 0. The minimum atomic E-state index is -4.38. The first-order chi connectivity index (χ1) is 9.91. The fourth-order valence-corrected chi connectivity index (χ4v) is 1.83. The van der Waals surface area contributed by atoms with Crippen LogP contribution in [0, 0.1) is 0 Å². The molecule has 0 amide bonds. The molecule has 4 nitrogen and oxygen atoms in total. The Bertz CT molecular complexity index is 617. The zero-order valence-corrected chi connectivity index (χ0v) is 11.1. The average molecular weight is 299 g/mol. The first-order valence-corrected chi connectivity index (χ1v) is 6.10. The fraction of sp³-hybridized carbons (Fsp3) is 0.286. The van der Waals surface area contributed by atoms with Crippen molar-refractivity contribution in [3.05, 3.63) is 41.6 Å². The summed E-state index contributed by atoms with van der Waals surface area (Å²) in [5, 5.41) is 3.62. The molecular weight excluding hydrogens is 287 g/mol. The third-order valence-corrected chi connectivity index (χ3v) is 2.94. The zero-order valence-electron chi connectivity index (χ0n) is 11.1. The predicted octanol–water partition coefficient (Wildman–Crippen LogP) is 3.47. The number of esters is 1. The van der Waals surface area contributed by atoms with Crippen molar-refractivity contribution >= 4 is 5.97 Å². The molecule has 0 N–H and O–H groups in total. The van der Waals surface area contributed by atoms with Crippen LogP contribution >= 0.6 is 0 Å². The first kappa shape index (κ1) is 15.1. The van der Waals surface area contributed by atoms with Gasteiger partial charge in [-0.2, -0.15) is 13.2 Å². The number of nitrogens with zero attached hydrogens (tertiary/aromatic N) is 1. The Morgan fingerprint density at radius 1 is 1.29 bits per heavy atom. The minimum Gasteiger partial charge on any atom is -0.469 e. The summed E-state index contributed by atoms with van der Waals surface area (Å²) in [5.74, 6) is -0.0257. The van der Waals surface area contributed by atoms with Crippen LogP contribution in [0.1, 0.15) is 17.5 Å². The molecule has 112 valence electrons. The first-order valence-electron chi connectivity index (χ1n) is 6.10. The maximum absolute atomic E-state index is 12.5. The van der Waals surface area contributed by atoms with E-state index in [9.17, 15) is 18.0 Å². The quantitative estimate of drug-likeness (QED) is 0.811. The van der Waals surface area contributed by atoms with Gasteiger partial charge in [-0.3, -0.25) is 4.79 Å². The molecule has 7 heteroatoms. The Labute approximate surface area is 118 Å². The lowest BCUT2D eigenvalue weighted by atomic mass is 10.0. The lowest BCUT2D eigenvalue weighted by Gasteiger charge is -2.07. The van der Waals surface area contributed by atoms with E-state index in [1.807, 2.05) is 0 Å². The van der Waals surface area contributed by atoms with E-state index in [4.69, 9.17) is 4.52 Å². The maximum atomic E-state index is 12.5. The molecule has 0 bridgehead atoms. The molecule has 0 fully saturated rings. The molecule has 0 radical (unpaired) electrons. The number of rotatable bonds is 4. The minimum absolute atomic E-state index is 0.144. The third-order valence-electron chi connectivity index (χ3n) is 2.94. The highest BCUT2D eigenvalue weighted by atomic mass is 19.4. The van der Waals surface area contributed by atoms with Crippen LogP contribution in [0.2, 0.25) is 0 Å². The van der Waals surface area contributed by atoms with Crippen LogP contribution in [-0.2, 0) is 22.1 Å². The number of carbonyl (C=O) groups is 1. The number of hydrogen-bond donors (Lipinski definition) is 0. The number of alkyl halides is 3. The van der Waals surface area contributed by atoms with Crippen molar-refractivity contribution in [1.82, 2.24) is 5.16 Å². The standard InChI is InChI=1S/C14H12F3NO3/c1-20-12(19)7-4-10-8-18-21-13(10)9-2-5-11(6-3-9)14(15,16)17/h2-3,5-6,8H,4,7H2,1H3. The van der Waals surface area contributed by atoms with Gasteiger partial charge in [0.2, 0.25) is 0 Å². The molecule has 0 spiro atoms. The summed E-state index contributed by atoms with van der Waals surface area (Å²) in [5.41, 5.74) is 0.377. The summed E-state index contributed by atoms with van der Waals surface area (Å²) in [7, 11) is 1.28. The molecule has 2 aromatic rings. The number of carbonyl (C=O) groups excluding carboxylic acids is 1. The van der Waals surface area contributed by atoms with Crippen molar-refractivity contribution in [2.45, 2.75) is 19.0 Å². The van der Waals surface area contributed by atoms with E-state index in [1.54, 1.807) is 0 Å². The van der Waals surface area contributed by atoms with E-state index in [0.717, 1.165) is 12.1 Å². The van der Waals surface area contributed by atoms with Gasteiger partial charge in [0, 0.05) is 17.5 Å². The van der Waals surface area contributed by atoms with Crippen molar-refractivity contribution in [1.29, 1.82) is 0 Å². The molecule has 0 unspecified atom stereocenters. The van der Waals surface area contributed by atoms with Gasteiger partial charge in [-0.25, -0.2) is 0 Å². The molecule has 0 saturated heterocycles. The summed E-state index contributed by atoms with van der Waals surface area (Å²) >= 11 is 0. The molecular formula is C14H12F3NO3. The van der Waals surface area contributed by atoms with Crippen LogP contribution in [-0.4, -0.2) is 18.2 Å². The van der Waals surface area contributed by atoms with Gasteiger partial charge in [-0.05, 0) is 18.6 Å². The highest BCUT2D eigenvalue weighted by molar-refractivity contribution is 5.70. The fourth-order valence-electron chi connectivity index (χ4n) is 1.83. The van der Waals surface area contributed by atoms with Gasteiger partial charge in [-0.1, -0.05) is 17.3 Å². The van der Waals surface area contributed by atoms with Gasteiger partial charge in [0.1, 0.15) is 0 Å². The van der Waals surface area contributed by atoms with Gasteiger partial charge in [-0.15, -0.1) is 0 Å². The monoisotopic (exact) mass is 299 g/mol. The number of halogens is 3. The second kappa shape index (κ2) is 5.99. The number of benzene rings is 1. The van der Waals surface area contributed by atoms with Crippen LogP contribution in [0.5, 0.6) is 0 Å². The second-order valence-corrected chi connectivity index (χ2v) is 4.33. The van der Waals surface area contributed by atoms with E-state index in [-0.39, 0.29) is 12.4 Å². The molecule has 0 aliphatic rings. The van der Waals surface area contributed by atoms with Gasteiger partial charge >= 0.3 is 12.1 Å². The summed E-state index contributed by atoms with van der Waals surface area (Å²) in [4.78, 5) is 11.1. The predicted molar refractivity (Wildman–Crippen MR) is 67.3 cm³/mol. The van der Waals surface area contributed by atoms with E-state index in [2.05, 4.69) is 9.89 Å². The Morgan fingerprint density at radius 3 is 2.52 bits per heavy atom. The highest BCUT2D eigenvalue weighted by Gasteiger charge is 2.30. The van der Waals surface area contributed by atoms with Crippen LogP contribution in [0.15, 0.2) is 35.0 Å². The van der Waals surface area contributed by atoms with Crippen molar-refractivity contribution in [2.24, 2.45) is 0 Å². The molecule has 1 aromatic heterocycles. The smallest absolute Gasteiger partial charge is 0.416 e. The Hall–Kier alpha value is -2.31. The third kappa shape index (κ3) is 3.62. The summed E-state index contributed by atoms with van der Waals surface area (Å²) in [6, 6.07) is 4.57. The molecule has 1 heterocycles. The largest absolute Gasteiger partial charge is 0.469 e. The molecule has 1 aromatic carbocycles. The van der Waals surface area contributed by atoms with E-state index >= 15 is 0 Å². The number of aryl methyl sites for hydroxylation is 1. The zero-order chi connectivity index (χ0) is 15.5. The Kier molecular flexibility index (Phi) is 4.30. The normalized spacial score (nSPS) is 11.4. The van der Waals surface area contributed by atoms with Crippen LogP contribution in [0.25, 0.3) is 11.3 Å². The molecule has 0 atom stereocenters. The van der Waals surface area contributed by atoms with E-state index in [0.29, 0.717) is 23.3 Å². The Balaban J connectivity index is 2.19. The summed E-state index contributed by atoms with van der Waals surface area (Å²) in [6.07, 6.45) is -2.46. The van der Waals surface area contributed by atoms with Crippen LogP contribution < -0.4 is 0 Å². The number of ether oxygens (including phenoxy) is 1. The van der Waals surface area contributed by atoms with Crippen LogP contribution in [0.3, 0.4) is 0 Å². The van der Waals surface area contributed by atoms with E-state index < -0.39 is 11.7 Å². The summed E-state index contributed by atoms with van der Waals surface area (Å²) < 4.78 is 47.1. The van der Waals surface area contributed by atoms with E-state index in [1.165, 1.54) is 25.4 Å². The van der Waals surface area contributed by atoms with Crippen LogP contribution in [0.4, 0.5) is 13.2 Å². The molecule has 21 heavy (non-hydrogen) atoms. The van der Waals surface area contributed by atoms with Gasteiger partial charge in [0.15, 0.2) is 5.76 Å². The average Bonchev–Trinajstić information content (AvgIpc) is 2.92. The SMILES string of the molecule is COC(=O)CCc1cnoc1-c1ccc(C(F)(F)F)cc1. The van der Waals surface area contributed by atoms with Crippen molar-refractivity contribution in [2.75, 3.05) is 7.11 Å². The number of aromatic nitrogens is 1. The lowest BCUT2D eigenvalue weighted by molar-refractivity contribution is -0.140. The highest BCUT2D eigenvalue weighted by Crippen LogP contribution is 2.32.